The summed E-state index contributed by atoms with van der Waals surface area (Å²) in [5, 5.41) is 15.5. The number of hydrogen-bond acceptors (Lipinski definition) is 4. The quantitative estimate of drug-likeness (QED) is 0.506. The van der Waals surface area contributed by atoms with E-state index in [0.717, 1.165) is 16.6 Å². The van der Waals surface area contributed by atoms with Gasteiger partial charge in [0, 0.05) is 17.8 Å². The molecular weight excluding hydrogens is 228 g/mol. The van der Waals surface area contributed by atoms with Crippen LogP contribution in [-0.2, 0) is 0 Å². The van der Waals surface area contributed by atoms with Crippen LogP contribution in [-0.4, -0.2) is 30.0 Å². The van der Waals surface area contributed by atoms with Crippen molar-refractivity contribution in [3.05, 3.63) is 55.1 Å². The van der Waals surface area contributed by atoms with Gasteiger partial charge < -0.3 is 0 Å². The van der Waals surface area contributed by atoms with Gasteiger partial charge in [-0.25, -0.2) is 4.98 Å². The van der Waals surface area contributed by atoms with E-state index >= 15 is 0 Å². The molecule has 0 bridgehead atoms. The highest BCUT2D eigenvalue weighted by molar-refractivity contribution is 5.72. The first kappa shape index (κ1) is 10.4. The third-order valence-electron chi connectivity index (χ3n) is 2.39. The van der Waals surface area contributed by atoms with Crippen molar-refractivity contribution in [2.45, 2.75) is 0 Å². The summed E-state index contributed by atoms with van der Waals surface area (Å²) in [6.07, 6.45) is 6.92. The zero-order valence-electron chi connectivity index (χ0n) is 9.43. The second kappa shape index (κ2) is 4.62. The van der Waals surface area contributed by atoms with Crippen molar-refractivity contribution in [3.8, 4) is 0 Å². The van der Waals surface area contributed by atoms with E-state index in [1.165, 1.54) is 0 Å². The van der Waals surface area contributed by atoms with Crippen LogP contribution in [0.25, 0.3) is 16.6 Å². The molecule has 6 nitrogen and oxygen atoms in total. The Morgan fingerprint density at radius 2 is 1.83 bits per heavy atom. The lowest BCUT2D eigenvalue weighted by molar-refractivity contribution is 0.800. The summed E-state index contributed by atoms with van der Waals surface area (Å²) >= 11 is 0. The maximum Gasteiger partial charge on any atom is 0.155 e. The molecule has 0 radical (unpaired) electrons. The molecule has 0 saturated heterocycles. The van der Waals surface area contributed by atoms with Crippen molar-refractivity contribution in [1.29, 1.82) is 0 Å². The number of hydrogen-bond donors (Lipinski definition) is 1. The van der Waals surface area contributed by atoms with Gasteiger partial charge in [0.2, 0.25) is 0 Å². The average Bonchev–Trinajstić information content (AvgIpc) is 3.08. The predicted octanol–water partition coefficient (Wildman–Crippen LogP) is 1.69. The van der Waals surface area contributed by atoms with Crippen molar-refractivity contribution < 1.29 is 0 Å². The Morgan fingerprint density at radius 3 is 2.72 bits per heavy atom. The van der Waals surface area contributed by atoms with E-state index in [4.69, 9.17) is 0 Å². The molecule has 88 valence electrons. The normalized spacial score (nSPS) is 10.2. The Labute approximate surface area is 102 Å². The number of fused-ring (bicyclic) bond motifs is 2. The van der Waals surface area contributed by atoms with Gasteiger partial charge in [-0.05, 0) is 30.3 Å². The van der Waals surface area contributed by atoms with E-state index < -0.39 is 0 Å². The van der Waals surface area contributed by atoms with Crippen LogP contribution in [0.15, 0.2) is 55.1 Å². The van der Waals surface area contributed by atoms with Crippen molar-refractivity contribution in [2.24, 2.45) is 0 Å². The second-order valence-electron chi connectivity index (χ2n) is 3.58. The molecule has 4 heterocycles. The minimum Gasteiger partial charge on any atom is -0.261 e. The van der Waals surface area contributed by atoms with Crippen molar-refractivity contribution in [3.63, 3.8) is 0 Å². The maximum absolute atomic E-state index is 4.02. The Hall–Kier alpha value is -2.76. The van der Waals surface area contributed by atoms with Crippen LogP contribution in [0.3, 0.4) is 0 Å². The number of rotatable bonds is 0. The number of H-pyrrole nitrogens is 1. The highest BCUT2D eigenvalue weighted by atomic mass is 15.4. The molecule has 0 atom stereocenters. The van der Waals surface area contributed by atoms with Gasteiger partial charge in [-0.1, -0.05) is 0 Å². The monoisotopic (exact) mass is 238 g/mol. The Morgan fingerprint density at radius 1 is 0.944 bits per heavy atom. The Balaban J connectivity index is 0.000000111. The summed E-state index contributed by atoms with van der Waals surface area (Å²) in [5.41, 5.74) is 1.87. The van der Waals surface area contributed by atoms with Gasteiger partial charge in [-0.15, -0.1) is 0 Å². The van der Waals surface area contributed by atoms with Gasteiger partial charge in [0.05, 0.1) is 17.9 Å². The van der Waals surface area contributed by atoms with Crippen LogP contribution in [0.2, 0.25) is 0 Å². The molecule has 1 N–H and O–H groups in total. The van der Waals surface area contributed by atoms with Gasteiger partial charge in [-0.2, -0.15) is 19.9 Å². The molecule has 0 fully saturated rings. The molecule has 0 saturated carbocycles. The van der Waals surface area contributed by atoms with Crippen LogP contribution in [0.4, 0.5) is 0 Å². The van der Waals surface area contributed by atoms with E-state index in [2.05, 4.69) is 25.4 Å². The number of pyridine rings is 1. The highest BCUT2D eigenvalue weighted by Gasteiger charge is 1.89. The van der Waals surface area contributed by atoms with Crippen molar-refractivity contribution in [1.82, 2.24) is 30.0 Å². The minimum absolute atomic E-state index is 0.845. The molecule has 0 unspecified atom stereocenters. The lowest BCUT2D eigenvalue weighted by Gasteiger charge is -1.85. The summed E-state index contributed by atoms with van der Waals surface area (Å²) in [6, 6.07) is 9.60. The van der Waals surface area contributed by atoms with Gasteiger partial charge in [0.25, 0.3) is 0 Å². The fourth-order valence-corrected chi connectivity index (χ4v) is 1.55. The van der Waals surface area contributed by atoms with Gasteiger partial charge in [-0.3, -0.25) is 5.10 Å². The third-order valence-corrected chi connectivity index (χ3v) is 2.39. The smallest absolute Gasteiger partial charge is 0.155 e. The summed E-state index contributed by atoms with van der Waals surface area (Å²) in [4.78, 5) is 4.02. The van der Waals surface area contributed by atoms with Crippen LogP contribution >= 0.6 is 0 Å². The number of nitrogens with one attached hydrogen (secondary N) is 1. The summed E-state index contributed by atoms with van der Waals surface area (Å²) in [7, 11) is 0. The number of aromatic amines is 1. The van der Waals surface area contributed by atoms with Gasteiger partial charge in [0.1, 0.15) is 0 Å². The van der Waals surface area contributed by atoms with E-state index in [1.807, 2.05) is 30.3 Å². The zero-order chi connectivity index (χ0) is 12.2. The molecule has 4 rings (SSSR count). The maximum atomic E-state index is 4.02. The fraction of sp³-hybridized carbons (Fsp3) is 0. The van der Waals surface area contributed by atoms with Crippen LogP contribution in [0.1, 0.15) is 0 Å². The molecule has 0 amide bonds. The lowest BCUT2D eigenvalue weighted by atomic mass is 10.4. The van der Waals surface area contributed by atoms with Crippen molar-refractivity contribution >= 4 is 16.6 Å². The molecule has 4 aromatic heterocycles. The van der Waals surface area contributed by atoms with E-state index in [0.29, 0.717) is 0 Å². The molecule has 6 heteroatoms. The predicted molar refractivity (Wildman–Crippen MR) is 66.9 cm³/mol. The van der Waals surface area contributed by atoms with Crippen LogP contribution in [0.5, 0.6) is 0 Å². The molecule has 18 heavy (non-hydrogen) atoms. The molecule has 0 aliphatic rings. The standard InChI is InChI=1S/2C6H5N3/c1-2-6-3-5-8-9(6)7-4-1;1-2-5-4-8-9-6(5)7-3-1/h1-5H;1-4H,(H,7,8,9). The zero-order valence-corrected chi connectivity index (χ0v) is 9.43. The molecule has 0 spiro atoms. The van der Waals surface area contributed by atoms with E-state index in [1.54, 1.807) is 29.4 Å². The van der Waals surface area contributed by atoms with E-state index in [-0.39, 0.29) is 0 Å². The van der Waals surface area contributed by atoms with Crippen molar-refractivity contribution in [2.75, 3.05) is 0 Å². The first-order valence-electron chi connectivity index (χ1n) is 5.42. The first-order valence-corrected chi connectivity index (χ1v) is 5.42. The third kappa shape index (κ3) is 2.03. The fourth-order valence-electron chi connectivity index (χ4n) is 1.55. The average molecular weight is 238 g/mol. The van der Waals surface area contributed by atoms with E-state index in [9.17, 15) is 0 Å². The van der Waals surface area contributed by atoms with Crippen LogP contribution in [0, 0.1) is 0 Å². The summed E-state index contributed by atoms with van der Waals surface area (Å²) < 4.78 is 1.58. The molecule has 0 aliphatic carbocycles. The number of nitrogens with zero attached hydrogens (tertiary/aromatic N) is 5. The summed E-state index contributed by atoms with van der Waals surface area (Å²) in [6.45, 7) is 0. The molecule has 4 aromatic rings. The van der Waals surface area contributed by atoms with Gasteiger partial charge >= 0.3 is 0 Å². The Kier molecular flexibility index (Phi) is 2.67. The summed E-state index contributed by atoms with van der Waals surface area (Å²) in [5.74, 6) is 0. The Bertz CT molecular complexity index is 631. The van der Waals surface area contributed by atoms with Crippen LogP contribution < -0.4 is 0 Å². The highest BCUT2D eigenvalue weighted by Crippen LogP contribution is 2.03. The largest absolute Gasteiger partial charge is 0.261 e. The minimum atomic E-state index is 0.845. The molecule has 0 aromatic carbocycles. The number of aromatic nitrogens is 6. The molecular formula is C12H10N6. The molecule has 0 aliphatic heterocycles. The topological polar surface area (TPSA) is 71.8 Å². The SMILES string of the molecule is c1cnc2[nH]ncc2c1.c1cnn2nccc2c1. The lowest BCUT2D eigenvalue weighted by Crippen LogP contribution is -1.89. The first-order chi connectivity index (χ1) is 8.93. The second-order valence-corrected chi connectivity index (χ2v) is 3.58. The van der Waals surface area contributed by atoms with Gasteiger partial charge in [0.15, 0.2) is 5.65 Å².